The molecule has 0 saturated heterocycles. The molecule has 0 unspecified atom stereocenters. The number of anilines is 1. The molecule has 0 radical (unpaired) electrons. The molecule has 0 atom stereocenters. The lowest BCUT2D eigenvalue weighted by Gasteiger charge is -2.15. The molecule has 1 amide bonds. The Morgan fingerprint density at radius 2 is 1.64 bits per heavy atom. The van der Waals surface area contributed by atoms with Crippen LogP contribution in [0.1, 0.15) is 17.3 Å². The van der Waals surface area contributed by atoms with E-state index in [0.29, 0.717) is 28.8 Å². The van der Waals surface area contributed by atoms with Crippen molar-refractivity contribution in [3.63, 3.8) is 0 Å². The number of nitrogens with one attached hydrogen (secondary N) is 1. The molecule has 0 heterocycles. The normalized spacial score (nSPS) is 11.3. The summed E-state index contributed by atoms with van der Waals surface area (Å²) in [5.74, 6) is 1.19. The van der Waals surface area contributed by atoms with Crippen molar-refractivity contribution >= 4 is 33.2 Å². The molecule has 33 heavy (non-hydrogen) atoms. The van der Waals surface area contributed by atoms with Gasteiger partial charge in [0.15, 0.2) is 5.75 Å². The Bertz CT molecular complexity index is 1210. The zero-order valence-corrected chi connectivity index (χ0v) is 19.8. The van der Waals surface area contributed by atoms with E-state index in [0.717, 1.165) is 10.2 Å². The standard InChI is InChI=1S/C23H23ClN2O6S/c1-4-31-18-8-10-19(11-9-18)32-22-14-7-17(24)15-21(22)25-23(27)16-5-12-20(13-6-16)33(28,29)26(2)30-3/h5-15H,4H2,1-3H3,(H,25,27). The molecule has 0 saturated carbocycles. The Kier molecular flexibility index (Phi) is 7.93. The molecule has 8 nitrogen and oxygen atoms in total. The first kappa shape index (κ1) is 24.5. The second-order valence-corrected chi connectivity index (χ2v) is 9.09. The number of hydroxylamine groups is 1. The number of ether oxygens (including phenoxy) is 2. The number of nitrogens with zero attached hydrogens (tertiary/aromatic N) is 1. The number of hydrogen-bond donors (Lipinski definition) is 1. The van der Waals surface area contributed by atoms with Gasteiger partial charge in [-0.25, -0.2) is 8.42 Å². The molecule has 10 heteroatoms. The predicted octanol–water partition coefficient (Wildman–Crippen LogP) is 4.97. The summed E-state index contributed by atoms with van der Waals surface area (Å²) in [7, 11) is -1.29. The highest BCUT2D eigenvalue weighted by Crippen LogP contribution is 2.33. The fraction of sp³-hybridized carbons (Fsp3) is 0.174. The van der Waals surface area contributed by atoms with Crippen LogP contribution < -0.4 is 14.8 Å². The molecule has 3 aromatic carbocycles. The molecular weight excluding hydrogens is 468 g/mol. The number of carbonyl (C=O) groups is 1. The summed E-state index contributed by atoms with van der Waals surface area (Å²) in [6.07, 6.45) is 0. The van der Waals surface area contributed by atoms with E-state index < -0.39 is 15.9 Å². The van der Waals surface area contributed by atoms with Crippen molar-refractivity contribution in [3.8, 4) is 17.2 Å². The number of halogens is 1. The van der Waals surface area contributed by atoms with E-state index in [2.05, 4.69) is 5.32 Å². The minimum atomic E-state index is -3.81. The Morgan fingerprint density at radius 1 is 1.00 bits per heavy atom. The lowest BCUT2D eigenvalue weighted by atomic mass is 10.2. The number of carbonyl (C=O) groups excluding carboxylic acids is 1. The summed E-state index contributed by atoms with van der Waals surface area (Å²) in [6.45, 7) is 2.46. The second-order valence-electron chi connectivity index (χ2n) is 6.72. The van der Waals surface area contributed by atoms with Crippen molar-refractivity contribution in [2.75, 3.05) is 26.1 Å². The Morgan fingerprint density at radius 3 is 2.24 bits per heavy atom. The molecule has 174 valence electrons. The lowest BCUT2D eigenvalue weighted by molar-refractivity contribution is -0.0258. The van der Waals surface area contributed by atoms with E-state index in [1.54, 1.807) is 42.5 Å². The molecule has 0 spiro atoms. The zero-order valence-electron chi connectivity index (χ0n) is 18.2. The fourth-order valence-electron chi connectivity index (χ4n) is 2.81. The van der Waals surface area contributed by atoms with Crippen molar-refractivity contribution < 1.29 is 27.5 Å². The van der Waals surface area contributed by atoms with Gasteiger partial charge in [-0.1, -0.05) is 16.1 Å². The molecule has 0 aromatic heterocycles. The third-order valence-electron chi connectivity index (χ3n) is 4.56. The van der Waals surface area contributed by atoms with Crippen LogP contribution in [0.25, 0.3) is 0 Å². The van der Waals surface area contributed by atoms with Gasteiger partial charge in [0, 0.05) is 17.6 Å². The monoisotopic (exact) mass is 490 g/mol. The van der Waals surface area contributed by atoms with Gasteiger partial charge in [-0.05, 0) is 73.7 Å². The molecule has 0 fully saturated rings. The molecule has 0 aliphatic heterocycles. The largest absolute Gasteiger partial charge is 0.494 e. The summed E-state index contributed by atoms with van der Waals surface area (Å²) >= 11 is 6.11. The minimum absolute atomic E-state index is 0.00863. The van der Waals surface area contributed by atoms with E-state index in [-0.39, 0.29) is 10.5 Å². The van der Waals surface area contributed by atoms with Crippen LogP contribution in [0.15, 0.2) is 71.6 Å². The van der Waals surface area contributed by atoms with Crippen molar-refractivity contribution in [2.45, 2.75) is 11.8 Å². The first-order valence-electron chi connectivity index (χ1n) is 9.89. The number of amides is 1. The maximum absolute atomic E-state index is 12.8. The van der Waals surface area contributed by atoms with Crippen molar-refractivity contribution in [3.05, 3.63) is 77.3 Å². The summed E-state index contributed by atoms with van der Waals surface area (Å²) in [4.78, 5) is 17.5. The summed E-state index contributed by atoms with van der Waals surface area (Å²) in [6, 6.07) is 17.4. The van der Waals surface area contributed by atoms with Crippen LogP contribution >= 0.6 is 11.6 Å². The van der Waals surface area contributed by atoms with Gasteiger partial charge in [0.05, 0.1) is 24.3 Å². The Balaban J connectivity index is 1.79. The average molecular weight is 491 g/mol. The number of benzene rings is 3. The molecule has 0 bridgehead atoms. The van der Waals surface area contributed by atoms with E-state index in [4.69, 9.17) is 25.9 Å². The van der Waals surface area contributed by atoms with E-state index in [1.165, 1.54) is 38.4 Å². The Hall–Kier alpha value is -3.11. The minimum Gasteiger partial charge on any atom is -0.494 e. The van der Waals surface area contributed by atoms with Gasteiger partial charge in [-0.2, -0.15) is 0 Å². The van der Waals surface area contributed by atoms with Crippen LogP contribution in [0.5, 0.6) is 17.2 Å². The van der Waals surface area contributed by atoms with Gasteiger partial charge in [0.1, 0.15) is 11.5 Å². The van der Waals surface area contributed by atoms with Gasteiger partial charge in [-0.15, -0.1) is 0 Å². The van der Waals surface area contributed by atoms with Crippen LogP contribution in [0.3, 0.4) is 0 Å². The second kappa shape index (κ2) is 10.7. The fourth-order valence-corrected chi connectivity index (χ4v) is 3.95. The van der Waals surface area contributed by atoms with E-state index in [9.17, 15) is 13.2 Å². The molecule has 1 N–H and O–H groups in total. The highest BCUT2D eigenvalue weighted by Gasteiger charge is 2.21. The molecule has 0 aliphatic rings. The lowest BCUT2D eigenvalue weighted by Crippen LogP contribution is -2.25. The zero-order chi connectivity index (χ0) is 24.0. The third-order valence-corrected chi connectivity index (χ3v) is 6.49. The van der Waals surface area contributed by atoms with Crippen molar-refractivity contribution in [2.24, 2.45) is 0 Å². The van der Waals surface area contributed by atoms with Gasteiger partial charge < -0.3 is 14.8 Å². The number of hydrogen-bond acceptors (Lipinski definition) is 6. The van der Waals surface area contributed by atoms with Gasteiger partial charge in [0.2, 0.25) is 0 Å². The van der Waals surface area contributed by atoms with Crippen LogP contribution in [0.4, 0.5) is 5.69 Å². The molecular formula is C23H23ClN2O6S. The highest BCUT2D eigenvalue weighted by atomic mass is 35.5. The SMILES string of the molecule is CCOc1ccc(Oc2ccc(Cl)cc2NC(=O)c2ccc(S(=O)(=O)N(C)OC)cc2)cc1. The maximum Gasteiger partial charge on any atom is 0.264 e. The topological polar surface area (TPSA) is 94.2 Å². The molecule has 3 aromatic rings. The summed E-state index contributed by atoms with van der Waals surface area (Å²) in [5.41, 5.74) is 0.609. The van der Waals surface area contributed by atoms with Crippen LogP contribution in [0.2, 0.25) is 5.02 Å². The predicted molar refractivity (Wildman–Crippen MR) is 125 cm³/mol. The average Bonchev–Trinajstić information content (AvgIpc) is 2.81. The quantitative estimate of drug-likeness (QED) is 0.426. The van der Waals surface area contributed by atoms with Gasteiger partial charge in [-0.3, -0.25) is 9.63 Å². The van der Waals surface area contributed by atoms with Crippen LogP contribution in [-0.4, -0.2) is 39.6 Å². The smallest absolute Gasteiger partial charge is 0.264 e. The van der Waals surface area contributed by atoms with Crippen LogP contribution in [-0.2, 0) is 14.9 Å². The number of sulfonamides is 1. The summed E-state index contributed by atoms with van der Waals surface area (Å²) in [5, 5.41) is 3.16. The van der Waals surface area contributed by atoms with E-state index >= 15 is 0 Å². The van der Waals surface area contributed by atoms with Crippen LogP contribution in [0, 0.1) is 0 Å². The van der Waals surface area contributed by atoms with E-state index in [1.807, 2.05) is 6.92 Å². The first-order chi connectivity index (χ1) is 15.7. The van der Waals surface area contributed by atoms with Crippen molar-refractivity contribution in [1.29, 1.82) is 0 Å². The van der Waals surface area contributed by atoms with Crippen molar-refractivity contribution in [1.82, 2.24) is 4.47 Å². The third kappa shape index (κ3) is 6.02. The Labute approximate surface area is 197 Å². The highest BCUT2D eigenvalue weighted by molar-refractivity contribution is 7.89. The van der Waals surface area contributed by atoms with Gasteiger partial charge >= 0.3 is 0 Å². The maximum atomic E-state index is 12.8. The molecule has 0 aliphatic carbocycles. The molecule has 3 rings (SSSR count). The number of rotatable bonds is 9. The van der Waals surface area contributed by atoms with Gasteiger partial charge in [0.25, 0.3) is 15.9 Å². The first-order valence-corrected chi connectivity index (χ1v) is 11.7. The summed E-state index contributed by atoms with van der Waals surface area (Å²) < 4.78 is 36.7.